The molecule has 20 heavy (non-hydrogen) atoms. The zero-order valence-corrected chi connectivity index (χ0v) is 12.0. The van der Waals surface area contributed by atoms with E-state index in [1.807, 2.05) is 24.3 Å². The Kier molecular flexibility index (Phi) is 4.49. The second-order valence-corrected chi connectivity index (χ2v) is 5.24. The number of hydrogen-bond donors (Lipinski definition) is 2. The van der Waals surface area contributed by atoms with Crippen LogP contribution in [0.1, 0.15) is 25.7 Å². The van der Waals surface area contributed by atoms with E-state index in [-0.39, 0.29) is 12.0 Å². The van der Waals surface area contributed by atoms with Gasteiger partial charge in [-0.1, -0.05) is 6.07 Å². The van der Waals surface area contributed by atoms with E-state index in [1.165, 1.54) is 0 Å². The normalized spacial score (nSPS) is 26.0. The van der Waals surface area contributed by atoms with Crippen LogP contribution in [0.2, 0.25) is 0 Å². The molecule has 1 aromatic rings. The molecule has 0 aliphatic heterocycles. The van der Waals surface area contributed by atoms with Gasteiger partial charge in [-0.25, -0.2) is 0 Å². The predicted octanol–water partition coefficient (Wildman–Crippen LogP) is 1.92. The number of carbonyl (C=O) groups is 1. The highest BCUT2D eigenvalue weighted by molar-refractivity contribution is 5.88. The van der Waals surface area contributed by atoms with E-state index in [0.29, 0.717) is 12.8 Å². The van der Waals surface area contributed by atoms with Gasteiger partial charge in [-0.15, -0.1) is 0 Å². The first-order valence-corrected chi connectivity index (χ1v) is 6.84. The lowest BCUT2D eigenvalue weighted by Crippen LogP contribution is -2.53. The average Bonchev–Trinajstić information content (AvgIpc) is 2.48. The van der Waals surface area contributed by atoms with E-state index < -0.39 is 5.54 Å². The Hall–Kier alpha value is -1.75. The summed E-state index contributed by atoms with van der Waals surface area (Å²) >= 11 is 0. The number of carbonyl (C=O) groups excluding carboxylic acids is 1. The maximum Gasteiger partial charge on any atom is 0.243 e. The van der Waals surface area contributed by atoms with Gasteiger partial charge in [0.2, 0.25) is 5.91 Å². The molecule has 0 atom stereocenters. The molecule has 2 rings (SSSR count). The fourth-order valence-electron chi connectivity index (χ4n) is 2.73. The molecule has 1 aliphatic carbocycles. The molecule has 0 saturated heterocycles. The lowest BCUT2D eigenvalue weighted by Gasteiger charge is -2.38. The summed E-state index contributed by atoms with van der Waals surface area (Å²) in [7, 11) is 3.32. The van der Waals surface area contributed by atoms with Gasteiger partial charge in [-0.3, -0.25) is 4.79 Å². The molecule has 1 fully saturated rings. The number of primary amides is 1. The predicted molar refractivity (Wildman–Crippen MR) is 77.8 cm³/mol. The number of amides is 1. The minimum absolute atomic E-state index is 0.217. The van der Waals surface area contributed by atoms with E-state index in [4.69, 9.17) is 15.2 Å². The van der Waals surface area contributed by atoms with Crippen LogP contribution in [0.3, 0.4) is 0 Å². The molecule has 1 aromatic carbocycles. The van der Waals surface area contributed by atoms with Gasteiger partial charge in [0.1, 0.15) is 11.3 Å². The van der Waals surface area contributed by atoms with Gasteiger partial charge < -0.3 is 20.5 Å². The van der Waals surface area contributed by atoms with E-state index in [0.717, 1.165) is 24.3 Å². The van der Waals surface area contributed by atoms with Crippen LogP contribution in [0, 0.1) is 0 Å². The minimum atomic E-state index is -0.693. The number of nitrogens with two attached hydrogens (primary N) is 1. The Balaban J connectivity index is 2.15. The number of anilines is 1. The van der Waals surface area contributed by atoms with Gasteiger partial charge in [-0.05, 0) is 37.8 Å². The Morgan fingerprint density at radius 3 is 2.60 bits per heavy atom. The molecule has 0 heterocycles. The summed E-state index contributed by atoms with van der Waals surface area (Å²) in [6.45, 7) is 0. The summed E-state index contributed by atoms with van der Waals surface area (Å²) in [6, 6.07) is 7.53. The van der Waals surface area contributed by atoms with Crippen molar-refractivity contribution in [3.05, 3.63) is 24.3 Å². The Morgan fingerprint density at radius 2 is 2.05 bits per heavy atom. The lowest BCUT2D eigenvalue weighted by molar-refractivity contribution is -0.124. The van der Waals surface area contributed by atoms with Crippen LogP contribution in [-0.2, 0) is 9.53 Å². The van der Waals surface area contributed by atoms with Crippen molar-refractivity contribution in [1.29, 1.82) is 0 Å². The third-order valence-electron chi connectivity index (χ3n) is 4.04. The largest absolute Gasteiger partial charge is 0.497 e. The third kappa shape index (κ3) is 3.04. The Labute approximate surface area is 119 Å². The zero-order chi connectivity index (χ0) is 14.6. The maximum atomic E-state index is 11.9. The number of ether oxygens (including phenoxy) is 2. The van der Waals surface area contributed by atoms with Crippen molar-refractivity contribution in [1.82, 2.24) is 0 Å². The van der Waals surface area contributed by atoms with E-state index in [9.17, 15) is 4.79 Å². The first-order valence-electron chi connectivity index (χ1n) is 6.84. The average molecular weight is 278 g/mol. The van der Waals surface area contributed by atoms with Crippen LogP contribution in [-0.4, -0.2) is 31.8 Å². The second-order valence-electron chi connectivity index (χ2n) is 5.24. The number of benzene rings is 1. The number of hydrogen-bond acceptors (Lipinski definition) is 4. The van der Waals surface area contributed by atoms with Gasteiger partial charge in [0.25, 0.3) is 0 Å². The fraction of sp³-hybridized carbons (Fsp3) is 0.533. The summed E-state index contributed by atoms with van der Waals surface area (Å²) < 4.78 is 10.5. The van der Waals surface area contributed by atoms with Gasteiger partial charge in [0.15, 0.2) is 0 Å². The lowest BCUT2D eigenvalue weighted by atomic mass is 9.79. The molecule has 5 heteroatoms. The molecule has 0 unspecified atom stereocenters. The SMILES string of the molecule is COc1cccc(NC2(C(N)=O)CCC(OC)CC2)c1. The van der Waals surface area contributed by atoms with E-state index in [1.54, 1.807) is 14.2 Å². The van der Waals surface area contributed by atoms with Crippen LogP contribution in [0.4, 0.5) is 5.69 Å². The number of methoxy groups -OCH3 is 2. The standard InChI is InChI=1S/C15H22N2O3/c1-19-12-6-8-15(9-7-12,14(16)18)17-11-4-3-5-13(10-11)20-2/h3-5,10,12,17H,6-9H2,1-2H3,(H2,16,18). The molecule has 1 aliphatic rings. The van der Waals surface area contributed by atoms with Gasteiger partial charge in [-0.2, -0.15) is 0 Å². The first-order chi connectivity index (χ1) is 9.59. The molecule has 3 N–H and O–H groups in total. The van der Waals surface area contributed by atoms with Crippen LogP contribution in [0.5, 0.6) is 5.75 Å². The quantitative estimate of drug-likeness (QED) is 0.863. The summed E-state index contributed by atoms with van der Waals surface area (Å²) in [4.78, 5) is 11.9. The van der Waals surface area contributed by atoms with Crippen LogP contribution in [0.15, 0.2) is 24.3 Å². The van der Waals surface area contributed by atoms with Crippen molar-refractivity contribution in [2.45, 2.75) is 37.3 Å². The smallest absolute Gasteiger partial charge is 0.243 e. The molecule has 0 spiro atoms. The van der Waals surface area contributed by atoms with Crippen molar-refractivity contribution in [2.75, 3.05) is 19.5 Å². The van der Waals surface area contributed by atoms with Gasteiger partial charge >= 0.3 is 0 Å². The minimum Gasteiger partial charge on any atom is -0.497 e. The highest BCUT2D eigenvalue weighted by atomic mass is 16.5. The van der Waals surface area contributed by atoms with Crippen LogP contribution < -0.4 is 15.8 Å². The second kappa shape index (κ2) is 6.13. The van der Waals surface area contributed by atoms with Crippen molar-refractivity contribution in [2.24, 2.45) is 5.73 Å². The van der Waals surface area contributed by atoms with E-state index >= 15 is 0 Å². The molecule has 0 bridgehead atoms. The summed E-state index contributed by atoms with van der Waals surface area (Å²) in [5, 5.41) is 3.30. The summed E-state index contributed by atoms with van der Waals surface area (Å²) in [5.74, 6) is 0.440. The van der Waals surface area contributed by atoms with Crippen molar-refractivity contribution >= 4 is 11.6 Å². The molecule has 110 valence electrons. The van der Waals surface area contributed by atoms with Gasteiger partial charge in [0, 0.05) is 18.9 Å². The molecule has 1 amide bonds. The van der Waals surface area contributed by atoms with Gasteiger partial charge in [0.05, 0.1) is 13.2 Å². The number of rotatable bonds is 5. The summed E-state index contributed by atoms with van der Waals surface area (Å²) in [5.41, 5.74) is 5.79. The topological polar surface area (TPSA) is 73.6 Å². The third-order valence-corrected chi connectivity index (χ3v) is 4.04. The maximum absolute atomic E-state index is 11.9. The highest BCUT2D eigenvalue weighted by Gasteiger charge is 2.40. The first kappa shape index (κ1) is 14.7. The monoisotopic (exact) mass is 278 g/mol. The molecule has 0 aromatic heterocycles. The Morgan fingerprint density at radius 1 is 1.35 bits per heavy atom. The van der Waals surface area contributed by atoms with Crippen molar-refractivity contribution < 1.29 is 14.3 Å². The van der Waals surface area contributed by atoms with Crippen LogP contribution in [0.25, 0.3) is 0 Å². The molecule has 1 saturated carbocycles. The fourth-order valence-corrected chi connectivity index (χ4v) is 2.73. The summed E-state index contributed by atoms with van der Waals surface area (Å²) in [6.07, 6.45) is 3.23. The number of nitrogens with one attached hydrogen (secondary N) is 1. The highest BCUT2D eigenvalue weighted by Crippen LogP contribution is 2.33. The molecular weight excluding hydrogens is 256 g/mol. The molecular formula is C15H22N2O3. The molecule has 0 radical (unpaired) electrons. The molecule has 5 nitrogen and oxygen atoms in total. The van der Waals surface area contributed by atoms with Crippen LogP contribution >= 0.6 is 0 Å². The van der Waals surface area contributed by atoms with Crippen molar-refractivity contribution in [3.63, 3.8) is 0 Å². The Bertz CT molecular complexity index is 468. The van der Waals surface area contributed by atoms with E-state index in [2.05, 4.69) is 5.32 Å². The van der Waals surface area contributed by atoms with Crippen molar-refractivity contribution in [3.8, 4) is 5.75 Å². The zero-order valence-electron chi connectivity index (χ0n) is 12.0.